The van der Waals surface area contributed by atoms with E-state index >= 15 is 0 Å². The largest absolute Gasteiger partial charge is 0.394 e. The zero-order valence-corrected chi connectivity index (χ0v) is 11.8. The van der Waals surface area contributed by atoms with E-state index in [1.54, 1.807) is 4.90 Å². The van der Waals surface area contributed by atoms with Gasteiger partial charge in [0.1, 0.15) is 0 Å². The Kier molecular flexibility index (Phi) is 3.30. The number of carbonyl (C=O) groups excluding carboxylic acids is 1. The smallest absolute Gasteiger partial charge is 0.318 e. The molecule has 1 saturated heterocycles. The van der Waals surface area contributed by atoms with Crippen LogP contribution in [0, 0.1) is 0 Å². The molecule has 0 aromatic heterocycles. The summed E-state index contributed by atoms with van der Waals surface area (Å²) < 4.78 is 0. The zero-order valence-electron chi connectivity index (χ0n) is 11.8. The molecule has 0 spiro atoms. The molecule has 108 valence electrons. The number of rotatable bonds is 2. The highest BCUT2D eigenvalue weighted by Gasteiger charge is 2.53. The van der Waals surface area contributed by atoms with Crippen molar-refractivity contribution in [3.05, 3.63) is 29.8 Å². The number of benzene rings is 1. The summed E-state index contributed by atoms with van der Waals surface area (Å²) in [5.74, 6) is 0.232. The molecule has 1 fully saturated rings. The monoisotopic (exact) mass is 275 g/mol. The highest BCUT2D eigenvalue weighted by Crippen LogP contribution is 2.45. The number of fused-ring (bicyclic) bond motifs is 3. The van der Waals surface area contributed by atoms with Crippen LogP contribution in [-0.4, -0.2) is 47.3 Å². The Morgan fingerprint density at radius 3 is 2.95 bits per heavy atom. The molecule has 1 aromatic carbocycles. The van der Waals surface area contributed by atoms with Gasteiger partial charge in [-0.3, -0.25) is 0 Å². The van der Waals surface area contributed by atoms with Gasteiger partial charge in [-0.25, -0.2) is 4.79 Å². The molecule has 20 heavy (non-hydrogen) atoms. The molecule has 0 aliphatic carbocycles. The number of hydrogen-bond donors (Lipinski definition) is 3. The van der Waals surface area contributed by atoms with E-state index < -0.39 is 0 Å². The standard InChI is InChI=1S/C15H21N3O2/c1-9(2)17-15(20)18-12-7-16-11-6-4-3-5-10(11)14(12)13(18)8-19/h3-6,9,12-14,16,19H,7-8H2,1-2H3,(H,17,20)/t12-,13+,14+/m1/s1. The number of hydrogen-bond acceptors (Lipinski definition) is 3. The molecule has 2 amide bonds. The van der Waals surface area contributed by atoms with Gasteiger partial charge in [0.2, 0.25) is 0 Å². The number of urea groups is 1. The van der Waals surface area contributed by atoms with Crippen LogP contribution in [0.1, 0.15) is 25.3 Å². The number of amides is 2. The Morgan fingerprint density at radius 1 is 1.50 bits per heavy atom. The Labute approximate surface area is 119 Å². The van der Waals surface area contributed by atoms with Crippen LogP contribution in [0.15, 0.2) is 24.3 Å². The molecule has 2 aliphatic heterocycles. The van der Waals surface area contributed by atoms with E-state index in [4.69, 9.17) is 0 Å². The highest BCUT2D eigenvalue weighted by molar-refractivity contribution is 5.78. The Hall–Kier alpha value is -1.75. The molecule has 1 aromatic rings. The topological polar surface area (TPSA) is 64.6 Å². The molecule has 2 aliphatic rings. The van der Waals surface area contributed by atoms with Gasteiger partial charge in [-0.15, -0.1) is 0 Å². The van der Waals surface area contributed by atoms with Crippen LogP contribution in [0.4, 0.5) is 10.5 Å². The predicted octanol–water partition coefficient (Wildman–Crippen LogP) is 1.36. The lowest BCUT2D eigenvalue weighted by Gasteiger charge is -2.57. The van der Waals surface area contributed by atoms with Crippen LogP contribution in [0.2, 0.25) is 0 Å². The van der Waals surface area contributed by atoms with E-state index in [-0.39, 0.29) is 36.7 Å². The fourth-order valence-electron chi connectivity index (χ4n) is 3.37. The first-order valence-electron chi connectivity index (χ1n) is 7.16. The highest BCUT2D eigenvalue weighted by atomic mass is 16.3. The second-order valence-electron chi connectivity index (χ2n) is 5.82. The quantitative estimate of drug-likeness (QED) is 0.763. The van der Waals surface area contributed by atoms with Crippen LogP contribution in [0.5, 0.6) is 0 Å². The number of aliphatic hydroxyl groups is 1. The molecule has 5 heteroatoms. The summed E-state index contributed by atoms with van der Waals surface area (Å²) >= 11 is 0. The number of likely N-dealkylation sites (tertiary alicyclic amines) is 1. The first-order chi connectivity index (χ1) is 9.63. The molecule has 0 bridgehead atoms. The Morgan fingerprint density at radius 2 is 2.25 bits per heavy atom. The molecule has 0 unspecified atom stereocenters. The SMILES string of the molecule is CC(C)NC(=O)N1[C@@H]2CNc3ccccc3[C@@H]2[C@@H]1CO. The van der Waals surface area contributed by atoms with E-state index in [1.165, 1.54) is 5.56 Å². The second-order valence-corrected chi connectivity index (χ2v) is 5.82. The fraction of sp³-hybridized carbons (Fsp3) is 0.533. The van der Waals surface area contributed by atoms with Crippen LogP contribution < -0.4 is 10.6 Å². The maximum Gasteiger partial charge on any atom is 0.318 e. The van der Waals surface area contributed by atoms with Crippen molar-refractivity contribution >= 4 is 11.7 Å². The third-order valence-corrected chi connectivity index (χ3v) is 4.20. The van der Waals surface area contributed by atoms with Crippen molar-refractivity contribution < 1.29 is 9.90 Å². The van der Waals surface area contributed by atoms with Crippen molar-refractivity contribution in [3.63, 3.8) is 0 Å². The second kappa shape index (κ2) is 4.98. The van der Waals surface area contributed by atoms with Crippen molar-refractivity contribution in [1.82, 2.24) is 10.2 Å². The normalized spacial score (nSPS) is 27.2. The van der Waals surface area contributed by atoms with E-state index in [0.29, 0.717) is 0 Å². The molecule has 0 radical (unpaired) electrons. The third-order valence-electron chi connectivity index (χ3n) is 4.20. The molecule has 3 atom stereocenters. The molecule has 0 saturated carbocycles. The zero-order chi connectivity index (χ0) is 14.3. The lowest BCUT2D eigenvalue weighted by atomic mass is 9.73. The van der Waals surface area contributed by atoms with Gasteiger partial charge in [0.25, 0.3) is 0 Å². The van der Waals surface area contributed by atoms with Crippen LogP contribution in [0.25, 0.3) is 0 Å². The average Bonchev–Trinajstić information content (AvgIpc) is 2.38. The minimum absolute atomic E-state index is 0.00101. The summed E-state index contributed by atoms with van der Waals surface area (Å²) in [7, 11) is 0. The van der Waals surface area contributed by atoms with E-state index in [2.05, 4.69) is 22.8 Å². The molecule has 3 N–H and O–H groups in total. The molecular formula is C15H21N3O2. The first kappa shape index (κ1) is 13.2. The number of carbonyl (C=O) groups is 1. The Balaban J connectivity index is 1.84. The van der Waals surface area contributed by atoms with Gasteiger partial charge in [0.05, 0.1) is 18.7 Å². The van der Waals surface area contributed by atoms with Crippen molar-refractivity contribution in [3.8, 4) is 0 Å². The number of anilines is 1. The maximum absolute atomic E-state index is 12.2. The molecular weight excluding hydrogens is 254 g/mol. The summed E-state index contributed by atoms with van der Waals surface area (Å²) in [6.07, 6.45) is 0. The summed E-state index contributed by atoms with van der Waals surface area (Å²) in [6.45, 7) is 4.62. The number of aliphatic hydroxyl groups excluding tert-OH is 1. The molecule has 5 nitrogen and oxygen atoms in total. The number of nitrogens with zero attached hydrogens (tertiary/aromatic N) is 1. The third kappa shape index (κ3) is 1.93. The van der Waals surface area contributed by atoms with Gasteiger partial charge in [-0.05, 0) is 25.5 Å². The lowest BCUT2D eigenvalue weighted by molar-refractivity contribution is -0.00480. The van der Waals surface area contributed by atoms with Crippen molar-refractivity contribution in [2.75, 3.05) is 18.5 Å². The van der Waals surface area contributed by atoms with Gasteiger partial charge in [-0.2, -0.15) is 0 Å². The number of para-hydroxylation sites is 1. The van der Waals surface area contributed by atoms with E-state index in [9.17, 15) is 9.90 Å². The fourth-order valence-corrected chi connectivity index (χ4v) is 3.37. The lowest BCUT2D eigenvalue weighted by Crippen LogP contribution is -2.71. The van der Waals surface area contributed by atoms with Crippen LogP contribution in [0.3, 0.4) is 0 Å². The molecule has 2 heterocycles. The van der Waals surface area contributed by atoms with Crippen LogP contribution >= 0.6 is 0 Å². The minimum atomic E-state index is -0.123. The maximum atomic E-state index is 12.2. The van der Waals surface area contributed by atoms with Gasteiger partial charge in [0.15, 0.2) is 0 Å². The Bertz CT molecular complexity index is 518. The van der Waals surface area contributed by atoms with E-state index in [0.717, 1.165) is 12.2 Å². The minimum Gasteiger partial charge on any atom is -0.394 e. The summed E-state index contributed by atoms with van der Waals surface area (Å²) in [6, 6.07) is 8.17. The number of nitrogens with one attached hydrogen (secondary N) is 2. The predicted molar refractivity (Wildman–Crippen MR) is 77.8 cm³/mol. The van der Waals surface area contributed by atoms with Gasteiger partial charge in [-0.1, -0.05) is 18.2 Å². The van der Waals surface area contributed by atoms with Crippen molar-refractivity contribution in [1.29, 1.82) is 0 Å². The van der Waals surface area contributed by atoms with Gasteiger partial charge >= 0.3 is 6.03 Å². The molecule has 3 rings (SSSR count). The first-order valence-corrected chi connectivity index (χ1v) is 7.16. The summed E-state index contributed by atoms with van der Waals surface area (Å²) in [4.78, 5) is 14.0. The van der Waals surface area contributed by atoms with Crippen molar-refractivity contribution in [2.45, 2.75) is 37.9 Å². The summed E-state index contributed by atoms with van der Waals surface area (Å²) in [5, 5.41) is 15.9. The van der Waals surface area contributed by atoms with Crippen LogP contribution in [-0.2, 0) is 0 Å². The van der Waals surface area contributed by atoms with Crippen molar-refractivity contribution in [2.24, 2.45) is 0 Å². The average molecular weight is 275 g/mol. The van der Waals surface area contributed by atoms with Gasteiger partial charge < -0.3 is 20.6 Å². The van der Waals surface area contributed by atoms with Gasteiger partial charge in [0, 0.05) is 24.2 Å². The summed E-state index contributed by atoms with van der Waals surface area (Å²) in [5.41, 5.74) is 2.33. The van der Waals surface area contributed by atoms with E-state index in [1.807, 2.05) is 26.0 Å².